The van der Waals surface area contributed by atoms with Crippen molar-refractivity contribution < 1.29 is 18.0 Å². The lowest BCUT2D eigenvalue weighted by Crippen LogP contribution is -2.37. The molecule has 4 rings (SSSR count). The van der Waals surface area contributed by atoms with Crippen molar-refractivity contribution in [1.29, 1.82) is 0 Å². The minimum Gasteiger partial charge on any atom is -0.271 e. The number of carbonyl (C=O) groups excluding carboxylic acids is 1. The molecule has 1 atom stereocenters. The third-order valence-corrected chi connectivity index (χ3v) is 8.01. The summed E-state index contributed by atoms with van der Waals surface area (Å²) in [4.78, 5) is 32.3. The molecule has 3 heterocycles. The molecule has 1 amide bonds. The average Bonchev–Trinajstić information content (AvgIpc) is 3.21. The van der Waals surface area contributed by atoms with Gasteiger partial charge in [0.05, 0.1) is 16.1 Å². The van der Waals surface area contributed by atoms with Crippen molar-refractivity contribution in [2.45, 2.75) is 66.6 Å². The molecule has 7 nitrogen and oxygen atoms in total. The maximum absolute atomic E-state index is 13.3. The van der Waals surface area contributed by atoms with Gasteiger partial charge in [0.2, 0.25) is 0 Å². The lowest BCUT2D eigenvalue weighted by Gasteiger charge is -2.33. The number of carbonyl (C=O) groups is 1. The molecule has 1 aliphatic rings. The third kappa shape index (κ3) is 4.35. The molecule has 0 unspecified atom stereocenters. The minimum absolute atomic E-state index is 0.00194. The molecule has 0 saturated heterocycles. The molecule has 12 heteroatoms. The van der Waals surface area contributed by atoms with Gasteiger partial charge >= 0.3 is 6.18 Å². The van der Waals surface area contributed by atoms with Crippen LogP contribution in [0.25, 0.3) is 10.2 Å². The van der Waals surface area contributed by atoms with E-state index in [1.54, 1.807) is 6.92 Å². The number of alkyl halides is 3. The molecule has 1 aliphatic carbocycles. The Morgan fingerprint density at radius 2 is 1.94 bits per heavy atom. The maximum Gasteiger partial charge on any atom is 0.436 e. The van der Waals surface area contributed by atoms with Gasteiger partial charge in [0, 0.05) is 4.88 Å². The summed E-state index contributed by atoms with van der Waals surface area (Å²) < 4.78 is 41.1. The molecule has 0 radical (unpaired) electrons. The van der Waals surface area contributed by atoms with Gasteiger partial charge in [-0.05, 0) is 50.0 Å². The molecule has 0 aromatic carbocycles. The zero-order valence-electron chi connectivity index (χ0n) is 19.4. The van der Waals surface area contributed by atoms with Crippen LogP contribution < -0.4 is 11.0 Å². The number of hydrogen-bond acceptors (Lipinski definition) is 5. The zero-order valence-corrected chi connectivity index (χ0v) is 21.0. The number of hydrogen-bond donors (Lipinski definition) is 1. The van der Waals surface area contributed by atoms with Crippen LogP contribution in [-0.4, -0.2) is 25.3 Å². The number of nitrogens with one attached hydrogen (secondary N) is 1. The summed E-state index contributed by atoms with van der Waals surface area (Å²) in [6.45, 7) is 9.04. The Hall–Kier alpha value is -2.40. The highest BCUT2D eigenvalue weighted by molar-refractivity contribution is 7.18. The topological polar surface area (TPSA) is 81.8 Å². The van der Waals surface area contributed by atoms with Crippen LogP contribution in [0.15, 0.2) is 4.79 Å². The fraction of sp³-hybridized carbons (Fsp3) is 0.545. The lowest BCUT2D eigenvalue weighted by atomic mass is 9.72. The Balaban J connectivity index is 1.64. The maximum atomic E-state index is 13.3. The van der Waals surface area contributed by atoms with E-state index in [4.69, 9.17) is 11.6 Å². The van der Waals surface area contributed by atoms with E-state index in [1.807, 2.05) is 0 Å². The number of nitrogens with zero attached hydrogens (tertiary/aromatic N) is 4. The summed E-state index contributed by atoms with van der Waals surface area (Å²) >= 11 is 7.27. The molecule has 3 aromatic heterocycles. The van der Waals surface area contributed by atoms with Gasteiger partial charge in [0.25, 0.3) is 11.5 Å². The normalized spacial score (nSPS) is 16.7. The highest BCUT2D eigenvalue weighted by Gasteiger charge is 2.38. The molecule has 1 N–H and O–H groups in total. The van der Waals surface area contributed by atoms with Crippen LogP contribution in [0.2, 0.25) is 5.02 Å². The largest absolute Gasteiger partial charge is 0.436 e. The summed E-state index contributed by atoms with van der Waals surface area (Å²) in [6.07, 6.45) is -2.14. The molecule has 0 saturated carbocycles. The molecule has 0 aliphatic heterocycles. The quantitative estimate of drug-likeness (QED) is 0.540. The number of aromatic nitrogens is 4. The summed E-state index contributed by atoms with van der Waals surface area (Å²) in [7, 11) is 0. The van der Waals surface area contributed by atoms with Crippen molar-refractivity contribution in [3.05, 3.63) is 43.0 Å². The predicted molar refractivity (Wildman–Crippen MR) is 125 cm³/mol. The smallest absolute Gasteiger partial charge is 0.271 e. The first-order valence-corrected chi connectivity index (χ1v) is 12.0. The molecular weight excluding hydrogens is 491 g/mol. The van der Waals surface area contributed by atoms with Gasteiger partial charge in [0.1, 0.15) is 17.2 Å². The van der Waals surface area contributed by atoms with Crippen LogP contribution in [0, 0.1) is 25.2 Å². The Kier molecular flexibility index (Phi) is 6.08. The molecule has 0 fully saturated rings. The van der Waals surface area contributed by atoms with E-state index in [1.165, 1.54) is 18.3 Å². The second-order valence-electron chi connectivity index (χ2n) is 9.73. The molecule has 3 aromatic rings. The van der Waals surface area contributed by atoms with E-state index in [-0.39, 0.29) is 16.9 Å². The number of halogens is 4. The van der Waals surface area contributed by atoms with E-state index in [9.17, 15) is 22.8 Å². The standard InChI is InChI=1S/C22H25ClF3N5O2S/c1-10-17(23)18(22(24,25)26)29-30(10)9-15(32)28-31-11(2)27-19-16(20(31)33)13-7-6-12(21(3,4)5)8-14(13)34-19/h12H,6-9H2,1-5H3,(H,28,32)/t12-/m1/s1. The molecule has 184 valence electrons. The van der Waals surface area contributed by atoms with Crippen LogP contribution in [-0.2, 0) is 30.4 Å². The summed E-state index contributed by atoms with van der Waals surface area (Å²) in [6, 6.07) is 0. The van der Waals surface area contributed by atoms with Crippen molar-refractivity contribution in [2.75, 3.05) is 5.43 Å². The Labute approximate surface area is 202 Å². The van der Waals surface area contributed by atoms with Crippen molar-refractivity contribution in [3.8, 4) is 0 Å². The highest BCUT2D eigenvalue weighted by Crippen LogP contribution is 2.42. The summed E-state index contributed by atoms with van der Waals surface area (Å²) in [5.74, 6) is 0.0593. The fourth-order valence-corrected chi connectivity index (χ4v) is 5.93. The van der Waals surface area contributed by atoms with E-state index >= 15 is 0 Å². The minimum atomic E-state index is -4.74. The van der Waals surface area contributed by atoms with Crippen LogP contribution in [0.1, 0.15) is 54.8 Å². The number of aryl methyl sites for hydroxylation is 2. The van der Waals surface area contributed by atoms with Crippen LogP contribution >= 0.6 is 22.9 Å². The van der Waals surface area contributed by atoms with Crippen molar-refractivity contribution in [2.24, 2.45) is 11.3 Å². The zero-order chi connectivity index (χ0) is 25.2. The summed E-state index contributed by atoms with van der Waals surface area (Å²) in [5.41, 5.74) is 1.95. The number of fused-ring (bicyclic) bond motifs is 3. The van der Waals surface area contributed by atoms with Gasteiger partial charge in [-0.2, -0.15) is 18.3 Å². The second kappa shape index (κ2) is 8.37. The monoisotopic (exact) mass is 515 g/mol. The molecule has 0 spiro atoms. The van der Waals surface area contributed by atoms with Gasteiger partial charge in [0.15, 0.2) is 5.69 Å². The number of amides is 1. The third-order valence-electron chi connectivity index (χ3n) is 6.41. The van der Waals surface area contributed by atoms with Crippen LogP contribution in [0.3, 0.4) is 0 Å². The van der Waals surface area contributed by atoms with Gasteiger partial charge in [-0.1, -0.05) is 32.4 Å². The van der Waals surface area contributed by atoms with Crippen LogP contribution in [0.4, 0.5) is 13.2 Å². The molecular formula is C22H25ClF3N5O2S. The van der Waals surface area contributed by atoms with Gasteiger partial charge in [-0.25, -0.2) is 9.66 Å². The van der Waals surface area contributed by atoms with Gasteiger partial charge in [-0.15, -0.1) is 11.3 Å². The van der Waals surface area contributed by atoms with E-state index < -0.39 is 34.9 Å². The van der Waals surface area contributed by atoms with Crippen LogP contribution in [0.5, 0.6) is 0 Å². The second-order valence-corrected chi connectivity index (χ2v) is 11.2. The first kappa shape index (κ1) is 24.7. The van der Waals surface area contributed by atoms with Gasteiger partial charge < -0.3 is 0 Å². The Bertz CT molecular complexity index is 1350. The Morgan fingerprint density at radius 1 is 1.26 bits per heavy atom. The summed E-state index contributed by atoms with van der Waals surface area (Å²) in [5, 5.41) is 3.37. The molecule has 0 bridgehead atoms. The SMILES string of the molecule is Cc1c(Cl)c(C(F)(F)F)nn1CC(=O)Nn1c(C)nc2sc3c(c2c1=O)CC[C@@H](C(C)(C)C)C3. The first-order valence-electron chi connectivity index (χ1n) is 10.8. The fourth-order valence-electron chi connectivity index (χ4n) is 4.35. The molecule has 34 heavy (non-hydrogen) atoms. The average molecular weight is 516 g/mol. The Morgan fingerprint density at radius 3 is 2.53 bits per heavy atom. The number of thiophene rings is 1. The first-order chi connectivity index (χ1) is 15.7. The van der Waals surface area contributed by atoms with Crippen molar-refractivity contribution >= 4 is 39.1 Å². The van der Waals surface area contributed by atoms with E-state index in [0.717, 1.165) is 39.1 Å². The number of rotatable bonds is 3. The van der Waals surface area contributed by atoms with Gasteiger partial charge in [-0.3, -0.25) is 19.7 Å². The van der Waals surface area contributed by atoms with Crippen molar-refractivity contribution in [3.63, 3.8) is 0 Å². The van der Waals surface area contributed by atoms with E-state index in [0.29, 0.717) is 16.1 Å². The van der Waals surface area contributed by atoms with Crippen molar-refractivity contribution in [1.82, 2.24) is 19.4 Å². The lowest BCUT2D eigenvalue weighted by molar-refractivity contribution is -0.141. The van der Waals surface area contributed by atoms with E-state index in [2.05, 4.69) is 36.3 Å². The predicted octanol–water partition coefficient (Wildman–Crippen LogP) is 4.86. The highest BCUT2D eigenvalue weighted by atomic mass is 35.5.